The van der Waals surface area contributed by atoms with Gasteiger partial charge in [0.2, 0.25) is 0 Å². The molecule has 0 saturated carbocycles. The van der Waals surface area contributed by atoms with Gasteiger partial charge in [-0.05, 0) is 15.9 Å². The van der Waals surface area contributed by atoms with Gasteiger partial charge in [0, 0.05) is 0 Å². The van der Waals surface area contributed by atoms with Gasteiger partial charge in [-0.15, -0.1) is 0 Å². The molecule has 0 aliphatic carbocycles. The van der Waals surface area contributed by atoms with Crippen molar-refractivity contribution in [3.05, 3.63) is 10.2 Å². The van der Waals surface area contributed by atoms with Crippen molar-refractivity contribution in [3.63, 3.8) is 0 Å². The molecule has 0 aromatic rings. The van der Waals surface area contributed by atoms with Crippen molar-refractivity contribution in [2.45, 2.75) is 0 Å². The number of alkyl halides is 1. The first-order chi connectivity index (χ1) is 3.72. The highest BCUT2D eigenvalue weighted by Crippen LogP contribution is 2.09. The quantitative estimate of drug-likeness (QED) is 0.573. The molecule has 0 atom stereocenters. The zero-order valence-electron chi connectivity index (χ0n) is 4.06. The Hall–Kier alpha value is 0.460. The van der Waals surface area contributed by atoms with Crippen LogP contribution in [0.2, 0.25) is 0 Å². The van der Waals surface area contributed by atoms with Gasteiger partial charge >= 0.3 is 0 Å². The van der Waals surface area contributed by atoms with Crippen molar-refractivity contribution >= 4 is 31.9 Å². The largest absolute Gasteiger partial charge is 0.510 e. The van der Waals surface area contributed by atoms with Crippen LogP contribution in [0.3, 0.4) is 0 Å². The van der Waals surface area contributed by atoms with E-state index in [1.807, 2.05) is 0 Å². The Morgan fingerprint density at radius 2 is 2.00 bits per heavy atom. The molecule has 2 nitrogen and oxygen atoms in total. The number of allylic oxidation sites excluding steroid dienone is 1. The van der Waals surface area contributed by atoms with Gasteiger partial charge in [0.15, 0.2) is 0 Å². The summed E-state index contributed by atoms with van der Waals surface area (Å²) < 4.78 is 0.425. The number of halogens is 2. The van der Waals surface area contributed by atoms with E-state index in [1.165, 1.54) is 0 Å². The third-order valence-corrected chi connectivity index (χ3v) is 1.82. The van der Waals surface area contributed by atoms with Crippen LogP contribution in [0.25, 0.3) is 0 Å². The lowest BCUT2D eigenvalue weighted by Crippen LogP contribution is -1.89. The maximum atomic E-state index is 8.75. The van der Waals surface area contributed by atoms with E-state index in [4.69, 9.17) is 10.2 Å². The minimum atomic E-state index is -0.155. The van der Waals surface area contributed by atoms with Crippen LogP contribution in [0.5, 0.6) is 0 Å². The average molecular weight is 246 g/mol. The third-order valence-electron chi connectivity index (χ3n) is 0.579. The third kappa shape index (κ3) is 2.69. The lowest BCUT2D eigenvalue weighted by molar-refractivity contribution is 0.327. The Balaban J connectivity index is 3.83. The molecule has 0 amide bonds. The molecule has 0 fully saturated rings. The van der Waals surface area contributed by atoms with E-state index >= 15 is 0 Å². The molecule has 0 aliphatic heterocycles. The zero-order valence-corrected chi connectivity index (χ0v) is 7.24. The number of rotatable bonds is 2. The predicted molar refractivity (Wildman–Crippen MR) is 39.5 cm³/mol. The summed E-state index contributed by atoms with van der Waals surface area (Å²) in [5, 5.41) is 17.5. The molecule has 48 valence electrons. The highest BCUT2D eigenvalue weighted by atomic mass is 79.9. The SMILES string of the molecule is OCC(Br)=C(O)CBr. The number of aliphatic hydroxyl groups excluding tert-OH is 2. The fourth-order valence-electron chi connectivity index (χ4n) is 0.164. The van der Waals surface area contributed by atoms with E-state index in [1.54, 1.807) is 0 Å². The minimum absolute atomic E-state index is 0.132. The summed E-state index contributed by atoms with van der Waals surface area (Å²) >= 11 is 5.96. The van der Waals surface area contributed by atoms with Gasteiger partial charge in [-0.2, -0.15) is 0 Å². The summed E-state index contributed by atoms with van der Waals surface area (Å²) in [5.74, 6) is 0.132. The molecule has 4 heteroatoms. The summed E-state index contributed by atoms with van der Waals surface area (Å²) in [6.07, 6.45) is 0. The molecule has 0 heterocycles. The Bertz CT molecular complexity index is 88.2. The monoisotopic (exact) mass is 244 g/mol. The standard InChI is InChI=1S/C4H6Br2O2/c5-1-4(8)3(6)2-7/h7-8H,1-2H2. The molecule has 8 heavy (non-hydrogen) atoms. The lowest BCUT2D eigenvalue weighted by Gasteiger charge is -1.94. The van der Waals surface area contributed by atoms with E-state index in [9.17, 15) is 0 Å². The van der Waals surface area contributed by atoms with Gasteiger partial charge in [-0.25, -0.2) is 0 Å². The van der Waals surface area contributed by atoms with Crippen LogP contribution in [-0.2, 0) is 0 Å². The fraction of sp³-hybridized carbons (Fsp3) is 0.500. The first kappa shape index (κ1) is 8.46. The first-order valence-corrected chi connectivity index (χ1v) is 3.87. The van der Waals surface area contributed by atoms with E-state index in [0.29, 0.717) is 9.81 Å². The van der Waals surface area contributed by atoms with Crippen LogP contribution >= 0.6 is 31.9 Å². The molecule has 0 unspecified atom stereocenters. The van der Waals surface area contributed by atoms with Gasteiger partial charge in [-0.1, -0.05) is 15.9 Å². The molecular weight excluding hydrogens is 240 g/mol. The number of aliphatic hydroxyl groups is 2. The summed E-state index contributed by atoms with van der Waals surface area (Å²) in [4.78, 5) is 0. The Kier molecular flexibility index (Phi) is 4.60. The molecule has 0 bridgehead atoms. The van der Waals surface area contributed by atoms with Crippen LogP contribution in [0.15, 0.2) is 10.2 Å². The van der Waals surface area contributed by atoms with E-state index in [2.05, 4.69) is 31.9 Å². The smallest absolute Gasteiger partial charge is 0.115 e. The Morgan fingerprint density at radius 3 is 2.12 bits per heavy atom. The van der Waals surface area contributed by atoms with Gasteiger partial charge in [-0.3, -0.25) is 0 Å². The second kappa shape index (κ2) is 4.35. The summed E-state index contributed by atoms with van der Waals surface area (Å²) in [6, 6.07) is 0. The summed E-state index contributed by atoms with van der Waals surface area (Å²) in [5.41, 5.74) is 0. The summed E-state index contributed by atoms with van der Waals surface area (Å²) in [7, 11) is 0. The normalized spacial score (nSPS) is 13.4. The van der Waals surface area contributed by atoms with Crippen molar-refractivity contribution in [2.24, 2.45) is 0 Å². The number of hydrogen-bond donors (Lipinski definition) is 2. The zero-order chi connectivity index (χ0) is 6.57. The van der Waals surface area contributed by atoms with Gasteiger partial charge in [0.25, 0.3) is 0 Å². The summed E-state index contributed by atoms with van der Waals surface area (Å²) in [6.45, 7) is -0.155. The second-order valence-corrected chi connectivity index (χ2v) is 2.66. The van der Waals surface area contributed by atoms with Crippen LogP contribution in [-0.4, -0.2) is 22.2 Å². The highest BCUT2D eigenvalue weighted by molar-refractivity contribution is 9.12. The van der Waals surface area contributed by atoms with Crippen molar-refractivity contribution in [2.75, 3.05) is 11.9 Å². The van der Waals surface area contributed by atoms with Crippen molar-refractivity contribution in [1.29, 1.82) is 0 Å². The van der Waals surface area contributed by atoms with Crippen LogP contribution in [0, 0.1) is 0 Å². The first-order valence-electron chi connectivity index (χ1n) is 1.95. The van der Waals surface area contributed by atoms with E-state index in [-0.39, 0.29) is 12.4 Å². The van der Waals surface area contributed by atoms with Gasteiger partial charge in [0.05, 0.1) is 16.4 Å². The lowest BCUT2D eigenvalue weighted by atomic mass is 10.5. The molecular formula is C4H6Br2O2. The van der Waals surface area contributed by atoms with Gasteiger partial charge in [0.1, 0.15) is 5.76 Å². The van der Waals surface area contributed by atoms with Crippen molar-refractivity contribution < 1.29 is 10.2 Å². The second-order valence-electron chi connectivity index (χ2n) is 1.14. The minimum Gasteiger partial charge on any atom is -0.510 e. The van der Waals surface area contributed by atoms with Crippen LogP contribution in [0.4, 0.5) is 0 Å². The Morgan fingerprint density at radius 1 is 1.50 bits per heavy atom. The van der Waals surface area contributed by atoms with Crippen molar-refractivity contribution in [1.82, 2.24) is 0 Å². The van der Waals surface area contributed by atoms with Crippen LogP contribution in [0.1, 0.15) is 0 Å². The predicted octanol–water partition coefficient (Wildman–Crippen LogP) is 1.54. The molecule has 2 N–H and O–H groups in total. The fourth-order valence-corrected chi connectivity index (χ4v) is 1.02. The Labute approximate surface area is 64.5 Å². The van der Waals surface area contributed by atoms with Crippen LogP contribution < -0.4 is 0 Å². The maximum Gasteiger partial charge on any atom is 0.115 e. The molecule has 0 aromatic carbocycles. The number of hydrogen-bond acceptors (Lipinski definition) is 2. The van der Waals surface area contributed by atoms with Gasteiger partial charge < -0.3 is 10.2 Å². The molecule has 0 aromatic heterocycles. The van der Waals surface area contributed by atoms with Crippen molar-refractivity contribution in [3.8, 4) is 0 Å². The molecule has 0 aliphatic rings. The molecule has 0 radical (unpaired) electrons. The topological polar surface area (TPSA) is 40.5 Å². The maximum absolute atomic E-state index is 8.75. The van der Waals surface area contributed by atoms with E-state index < -0.39 is 0 Å². The molecule has 0 rings (SSSR count). The molecule has 0 saturated heterocycles. The molecule has 0 spiro atoms. The average Bonchev–Trinajstić information content (AvgIpc) is 1.84. The van der Waals surface area contributed by atoms with E-state index in [0.717, 1.165) is 0 Å². The highest BCUT2D eigenvalue weighted by Gasteiger charge is 1.95.